The third kappa shape index (κ3) is 3.59. The second-order valence-electron chi connectivity index (χ2n) is 13.1. The lowest BCUT2D eigenvalue weighted by atomic mass is 9.69. The molecule has 12 heteroatoms. The Kier molecular flexibility index (Phi) is 5.75. The Balaban J connectivity index is 1.29. The maximum Gasteiger partial charge on any atom is 0.198 e. The van der Waals surface area contributed by atoms with Crippen LogP contribution in [0.15, 0.2) is 40.9 Å². The van der Waals surface area contributed by atoms with Crippen molar-refractivity contribution in [2.24, 2.45) is 4.99 Å². The highest BCUT2D eigenvalue weighted by Crippen LogP contribution is 2.63. The van der Waals surface area contributed by atoms with Gasteiger partial charge < -0.3 is 40.0 Å². The molecule has 2 fully saturated rings. The van der Waals surface area contributed by atoms with Crippen molar-refractivity contribution in [3.8, 4) is 11.5 Å². The van der Waals surface area contributed by atoms with E-state index in [9.17, 15) is 34.8 Å². The van der Waals surface area contributed by atoms with Crippen molar-refractivity contribution in [3.05, 3.63) is 69.3 Å². The number of fused-ring (bicyclic) bond motifs is 8. The number of aliphatic hydroxyl groups excluding tert-OH is 1. The fourth-order valence-corrected chi connectivity index (χ4v) is 8.28. The number of phenols is 2. The molecule has 0 radical (unpaired) electrons. The molecule has 2 aromatic rings. The number of carbonyl (C=O) groups excluding carboxylic acids is 3. The molecule has 4 heterocycles. The summed E-state index contributed by atoms with van der Waals surface area (Å²) >= 11 is 0. The number of Topliss-reactive ketones (excluding diaryl/α,β-unsaturated/α-hetero) is 1. The van der Waals surface area contributed by atoms with Gasteiger partial charge in [0.1, 0.15) is 23.4 Å². The van der Waals surface area contributed by atoms with Crippen LogP contribution in [0.3, 0.4) is 0 Å². The molecule has 8 unspecified atom stereocenters. The van der Waals surface area contributed by atoms with Crippen LogP contribution in [0.4, 0.5) is 0 Å². The number of ketones is 3. The summed E-state index contributed by atoms with van der Waals surface area (Å²) in [5.41, 5.74) is -2.98. The average Bonchev–Trinajstić information content (AvgIpc) is 3.62. The second kappa shape index (κ2) is 9.08. The molecule has 0 aromatic heterocycles. The number of ether oxygens (including phenoxy) is 3. The van der Waals surface area contributed by atoms with Gasteiger partial charge in [-0.3, -0.25) is 19.4 Å². The molecular formula is C33H32N2O10. The Morgan fingerprint density at radius 1 is 1.16 bits per heavy atom. The van der Waals surface area contributed by atoms with E-state index in [1.807, 2.05) is 13.0 Å². The third-order valence-corrected chi connectivity index (χ3v) is 10.5. The van der Waals surface area contributed by atoms with Crippen molar-refractivity contribution in [2.75, 3.05) is 6.54 Å². The van der Waals surface area contributed by atoms with E-state index in [4.69, 9.17) is 14.2 Å². The zero-order valence-electron chi connectivity index (χ0n) is 24.8. The number of benzene rings is 2. The minimum absolute atomic E-state index is 0.00452. The summed E-state index contributed by atoms with van der Waals surface area (Å²) in [4.78, 5) is 44.4. The highest BCUT2D eigenvalue weighted by Gasteiger charge is 2.65. The van der Waals surface area contributed by atoms with Gasteiger partial charge in [0.25, 0.3) is 0 Å². The summed E-state index contributed by atoms with van der Waals surface area (Å²) in [6, 6.07) is 5.76. The van der Waals surface area contributed by atoms with Gasteiger partial charge in [-0.05, 0) is 63.0 Å². The standard InChI is InChI=1S/C33H32N2O10/c1-13(36)33(42)14(2)43-22(10-21(33)38)44-29-18-9-17-25(26(39)16-5-4-6-20(37)24(16)27(17)40)28(41)23(18)19-12-31(29,3)45-32(19)11-15-7-8-34-30(15)35-32/h4-6,9,11,14,19,21-22,29,37-38,41-42H,7-8,10,12H2,1-3H3,(H,34,35). The SMILES string of the molecule is CC(=O)C1(O)C(O)CC(OC2c3cc4c(c(O)c3C3CC2(C)OC32C=C3CCN=C3N2)C(=O)c2cccc(O)c2C4=O)OC1C. The topological polar surface area (TPSA) is 184 Å². The summed E-state index contributed by atoms with van der Waals surface area (Å²) in [6.45, 7) is 5.13. The first-order valence-electron chi connectivity index (χ1n) is 15.1. The summed E-state index contributed by atoms with van der Waals surface area (Å²) in [5.74, 6) is -2.39. The molecule has 12 nitrogen and oxygen atoms in total. The molecule has 2 bridgehead atoms. The number of nitrogens with zero attached hydrogens (tertiary/aromatic N) is 1. The number of amidine groups is 1. The quantitative estimate of drug-likeness (QED) is 0.290. The lowest BCUT2D eigenvalue weighted by molar-refractivity contribution is -0.301. The van der Waals surface area contributed by atoms with Crippen LogP contribution in [-0.2, 0) is 19.0 Å². The highest BCUT2D eigenvalue weighted by atomic mass is 16.7. The predicted octanol–water partition coefficient (Wildman–Crippen LogP) is 2.05. The normalized spacial score (nSPS) is 37.4. The number of rotatable bonds is 3. The zero-order chi connectivity index (χ0) is 31.8. The number of aliphatic hydroxyl groups is 2. The third-order valence-electron chi connectivity index (χ3n) is 10.5. The maximum absolute atomic E-state index is 13.8. The second-order valence-corrected chi connectivity index (χ2v) is 13.1. The van der Waals surface area contributed by atoms with Gasteiger partial charge in [-0.1, -0.05) is 12.1 Å². The lowest BCUT2D eigenvalue weighted by Crippen LogP contribution is -2.62. The Labute approximate surface area is 257 Å². The minimum Gasteiger partial charge on any atom is -0.507 e. The monoisotopic (exact) mass is 616 g/mol. The van der Waals surface area contributed by atoms with Crippen LogP contribution in [0, 0.1) is 0 Å². The van der Waals surface area contributed by atoms with E-state index in [1.165, 1.54) is 38.1 Å². The molecule has 234 valence electrons. The Bertz CT molecular complexity index is 1800. The van der Waals surface area contributed by atoms with E-state index in [0.29, 0.717) is 29.9 Å². The number of phenolic OH excluding ortho intramolecular Hbond substituents is 2. The fraction of sp³-hybridized carbons (Fsp3) is 0.455. The minimum atomic E-state index is -2.12. The highest BCUT2D eigenvalue weighted by molar-refractivity contribution is 6.30. The molecule has 5 N–H and O–H groups in total. The van der Waals surface area contributed by atoms with Gasteiger partial charge in [-0.25, -0.2) is 0 Å². The Morgan fingerprint density at radius 2 is 1.91 bits per heavy atom. The molecule has 0 saturated carbocycles. The van der Waals surface area contributed by atoms with Crippen molar-refractivity contribution < 1.29 is 49.0 Å². The Morgan fingerprint density at radius 3 is 2.62 bits per heavy atom. The average molecular weight is 617 g/mol. The molecule has 6 aliphatic rings. The van der Waals surface area contributed by atoms with E-state index in [0.717, 1.165) is 12.0 Å². The van der Waals surface area contributed by atoms with Crippen LogP contribution in [0.5, 0.6) is 11.5 Å². The molecule has 4 aliphatic heterocycles. The smallest absolute Gasteiger partial charge is 0.198 e. The molecule has 45 heavy (non-hydrogen) atoms. The van der Waals surface area contributed by atoms with E-state index in [-0.39, 0.29) is 40.2 Å². The number of aromatic hydroxyl groups is 2. The van der Waals surface area contributed by atoms with Crippen LogP contribution in [-0.4, -0.2) is 85.6 Å². The van der Waals surface area contributed by atoms with Gasteiger partial charge in [0.05, 0.1) is 28.9 Å². The first kappa shape index (κ1) is 28.5. The fourth-order valence-electron chi connectivity index (χ4n) is 8.28. The summed E-state index contributed by atoms with van der Waals surface area (Å²) in [5, 5.41) is 47.7. The molecule has 8 rings (SSSR count). The van der Waals surface area contributed by atoms with Crippen LogP contribution >= 0.6 is 0 Å². The predicted molar refractivity (Wildman–Crippen MR) is 155 cm³/mol. The molecule has 2 aliphatic carbocycles. The van der Waals surface area contributed by atoms with Gasteiger partial charge in [-0.15, -0.1) is 0 Å². The van der Waals surface area contributed by atoms with Crippen LogP contribution < -0.4 is 5.32 Å². The van der Waals surface area contributed by atoms with Gasteiger partial charge in [-0.2, -0.15) is 0 Å². The van der Waals surface area contributed by atoms with Gasteiger partial charge in [0.2, 0.25) is 0 Å². The zero-order valence-corrected chi connectivity index (χ0v) is 24.8. The number of hydrogen-bond donors (Lipinski definition) is 5. The number of aliphatic imine (C=N–C) groups is 1. The molecule has 8 atom stereocenters. The summed E-state index contributed by atoms with van der Waals surface area (Å²) < 4.78 is 19.3. The van der Waals surface area contributed by atoms with Gasteiger partial charge in [0.15, 0.2) is 35.0 Å². The van der Waals surface area contributed by atoms with Crippen molar-refractivity contribution in [3.63, 3.8) is 0 Å². The maximum atomic E-state index is 13.8. The van der Waals surface area contributed by atoms with Crippen molar-refractivity contribution in [1.82, 2.24) is 5.32 Å². The molecular weight excluding hydrogens is 584 g/mol. The van der Waals surface area contributed by atoms with E-state index >= 15 is 0 Å². The summed E-state index contributed by atoms with van der Waals surface area (Å²) in [7, 11) is 0. The van der Waals surface area contributed by atoms with Crippen LogP contribution in [0.25, 0.3) is 0 Å². The Hall–Kier alpha value is -3.94. The number of hydrogen-bond acceptors (Lipinski definition) is 12. The van der Waals surface area contributed by atoms with Gasteiger partial charge in [0, 0.05) is 35.6 Å². The van der Waals surface area contributed by atoms with E-state index < -0.39 is 64.8 Å². The molecule has 2 saturated heterocycles. The number of nitrogens with one attached hydrogen (secondary N) is 1. The first-order valence-corrected chi connectivity index (χ1v) is 15.1. The molecule has 1 spiro atoms. The number of carbonyl (C=O) groups is 3. The van der Waals surface area contributed by atoms with Crippen molar-refractivity contribution in [2.45, 2.75) is 87.5 Å². The lowest BCUT2D eigenvalue weighted by Gasteiger charge is -2.46. The van der Waals surface area contributed by atoms with Gasteiger partial charge >= 0.3 is 0 Å². The van der Waals surface area contributed by atoms with Crippen molar-refractivity contribution >= 4 is 23.2 Å². The van der Waals surface area contributed by atoms with Crippen molar-refractivity contribution in [1.29, 1.82) is 0 Å². The molecule has 2 aromatic carbocycles. The largest absolute Gasteiger partial charge is 0.507 e. The van der Waals surface area contributed by atoms with Crippen LogP contribution in [0.1, 0.15) is 95.0 Å². The molecule has 0 amide bonds. The van der Waals surface area contributed by atoms with E-state index in [1.54, 1.807) is 0 Å². The summed E-state index contributed by atoms with van der Waals surface area (Å²) in [6.07, 6.45) is -1.93. The first-order chi connectivity index (χ1) is 21.3. The van der Waals surface area contributed by atoms with E-state index in [2.05, 4.69) is 10.3 Å². The van der Waals surface area contributed by atoms with Crippen LogP contribution in [0.2, 0.25) is 0 Å².